The standard InChI is InChI=1S/C32H27F4N3O2S/c33-24-14-12-20(13-15-24)19-42-31-37-29(40)25-10-5-11-26(25)39(31)28-17-27(22-7-2-1-3-8-22)38(30(28)41)18-21-6-4-9-23(16-21)32(34,35)36/h1-4,6-9,12-16,27-28H,5,10-11,17-19H2. The van der Waals surface area contributed by atoms with Gasteiger partial charge in [-0.05, 0) is 60.2 Å². The summed E-state index contributed by atoms with van der Waals surface area (Å²) in [5, 5.41) is 0.413. The number of amides is 1. The van der Waals surface area contributed by atoms with Crippen molar-refractivity contribution >= 4 is 17.7 Å². The number of aromatic nitrogens is 2. The van der Waals surface area contributed by atoms with Gasteiger partial charge in [0.05, 0.1) is 11.6 Å². The van der Waals surface area contributed by atoms with Crippen molar-refractivity contribution in [3.05, 3.63) is 129 Å². The number of nitrogens with zero attached hydrogens (tertiary/aromatic N) is 3. The zero-order valence-corrected chi connectivity index (χ0v) is 23.3. The van der Waals surface area contributed by atoms with E-state index in [1.165, 1.54) is 30.0 Å². The van der Waals surface area contributed by atoms with E-state index in [1.807, 2.05) is 34.9 Å². The molecule has 2 unspecified atom stereocenters. The Balaban J connectivity index is 1.39. The number of thioether (sulfide) groups is 1. The lowest BCUT2D eigenvalue weighted by molar-refractivity contribution is -0.137. The van der Waals surface area contributed by atoms with Crippen molar-refractivity contribution in [1.29, 1.82) is 0 Å². The van der Waals surface area contributed by atoms with Gasteiger partial charge in [-0.3, -0.25) is 9.59 Å². The third-order valence-corrected chi connectivity index (χ3v) is 8.94. The highest BCUT2D eigenvalue weighted by Crippen LogP contribution is 2.43. The minimum atomic E-state index is -4.49. The maximum absolute atomic E-state index is 14.3. The van der Waals surface area contributed by atoms with E-state index >= 15 is 0 Å². The Morgan fingerprint density at radius 3 is 2.38 bits per heavy atom. The summed E-state index contributed by atoms with van der Waals surface area (Å²) in [7, 11) is 0. The van der Waals surface area contributed by atoms with Crippen molar-refractivity contribution in [2.45, 2.75) is 61.4 Å². The number of carbonyl (C=O) groups excluding carboxylic acids is 1. The number of hydrogen-bond donors (Lipinski definition) is 0. The highest BCUT2D eigenvalue weighted by Gasteiger charge is 2.43. The van der Waals surface area contributed by atoms with E-state index in [0.717, 1.165) is 35.4 Å². The van der Waals surface area contributed by atoms with Crippen LogP contribution in [-0.4, -0.2) is 20.4 Å². The maximum atomic E-state index is 14.3. The Morgan fingerprint density at radius 2 is 1.64 bits per heavy atom. The van der Waals surface area contributed by atoms with Gasteiger partial charge in [0.2, 0.25) is 5.91 Å². The monoisotopic (exact) mass is 593 g/mol. The first-order valence-corrected chi connectivity index (χ1v) is 14.7. The van der Waals surface area contributed by atoms with E-state index in [2.05, 4.69) is 4.98 Å². The van der Waals surface area contributed by atoms with Crippen LogP contribution < -0.4 is 5.56 Å². The molecule has 1 saturated heterocycles. The molecule has 6 rings (SSSR count). The number of alkyl halides is 3. The van der Waals surface area contributed by atoms with Gasteiger partial charge in [-0.2, -0.15) is 18.2 Å². The molecular weight excluding hydrogens is 566 g/mol. The number of carbonyl (C=O) groups is 1. The van der Waals surface area contributed by atoms with Gasteiger partial charge in [-0.25, -0.2) is 4.39 Å². The molecule has 2 aliphatic rings. The van der Waals surface area contributed by atoms with Gasteiger partial charge in [0.15, 0.2) is 5.16 Å². The highest BCUT2D eigenvalue weighted by atomic mass is 32.2. The van der Waals surface area contributed by atoms with Gasteiger partial charge in [0, 0.05) is 30.0 Å². The number of likely N-dealkylation sites (tertiary alicyclic amines) is 1. The third-order valence-electron chi connectivity index (χ3n) is 7.92. The minimum Gasteiger partial charge on any atom is -0.329 e. The number of benzene rings is 3. The highest BCUT2D eigenvalue weighted by molar-refractivity contribution is 7.98. The molecule has 10 heteroatoms. The Kier molecular flexibility index (Phi) is 7.66. The Bertz CT molecular complexity index is 1670. The lowest BCUT2D eigenvalue weighted by Gasteiger charge is -2.26. The van der Waals surface area contributed by atoms with Gasteiger partial charge in [-0.1, -0.05) is 66.4 Å². The van der Waals surface area contributed by atoms with Gasteiger partial charge in [0.1, 0.15) is 11.9 Å². The predicted octanol–water partition coefficient (Wildman–Crippen LogP) is 6.90. The first kappa shape index (κ1) is 28.2. The number of rotatable bonds is 7. The molecule has 0 bridgehead atoms. The van der Waals surface area contributed by atoms with Crippen LogP contribution >= 0.6 is 11.8 Å². The van der Waals surface area contributed by atoms with Crippen molar-refractivity contribution in [3.63, 3.8) is 0 Å². The van der Waals surface area contributed by atoms with Crippen molar-refractivity contribution < 1.29 is 22.4 Å². The van der Waals surface area contributed by atoms with Crippen LogP contribution in [0.5, 0.6) is 0 Å². The molecule has 2 heterocycles. The molecule has 1 aliphatic heterocycles. The second-order valence-electron chi connectivity index (χ2n) is 10.6. The molecular formula is C32H27F4N3O2S. The Hall–Kier alpha value is -3.92. The van der Waals surface area contributed by atoms with Crippen LogP contribution in [-0.2, 0) is 36.1 Å². The normalized spacial score (nSPS) is 18.5. The molecule has 0 saturated carbocycles. The first-order valence-electron chi connectivity index (χ1n) is 13.7. The quantitative estimate of drug-likeness (QED) is 0.133. The Morgan fingerprint density at radius 1 is 0.881 bits per heavy atom. The van der Waals surface area contributed by atoms with E-state index in [4.69, 9.17) is 0 Å². The molecule has 216 valence electrons. The fourth-order valence-electron chi connectivity index (χ4n) is 5.92. The molecule has 4 aromatic rings. The number of fused-ring (bicyclic) bond motifs is 1. The summed E-state index contributed by atoms with van der Waals surface area (Å²) in [6.07, 6.45) is -2.13. The van der Waals surface area contributed by atoms with Crippen LogP contribution in [0, 0.1) is 5.82 Å². The fourth-order valence-corrected chi connectivity index (χ4v) is 6.93. The van der Waals surface area contributed by atoms with Crippen LogP contribution in [0.2, 0.25) is 0 Å². The van der Waals surface area contributed by atoms with Crippen LogP contribution in [0.15, 0.2) is 88.8 Å². The smallest absolute Gasteiger partial charge is 0.329 e. The SMILES string of the molecule is O=C1C(n2c(SCc3ccc(F)cc3)nc(=O)c3c2CCC3)CC(c2ccccc2)N1Cc1cccc(C(F)(F)F)c1. The van der Waals surface area contributed by atoms with Gasteiger partial charge < -0.3 is 9.47 Å². The van der Waals surface area contributed by atoms with Crippen molar-refractivity contribution in [2.75, 3.05) is 0 Å². The van der Waals surface area contributed by atoms with E-state index in [9.17, 15) is 27.2 Å². The third kappa shape index (κ3) is 5.60. The largest absolute Gasteiger partial charge is 0.416 e. The van der Waals surface area contributed by atoms with E-state index in [0.29, 0.717) is 41.3 Å². The van der Waals surface area contributed by atoms with Gasteiger partial charge in [0.25, 0.3) is 5.56 Å². The second-order valence-corrected chi connectivity index (χ2v) is 11.5. The minimum absolute atomic E-state index is 0.00664. The van der Waals surface area contributed by atoms with Gasteiger partial charge in [-0.15, -0.1) is 0 Å². The molecule has 1 fully saturated rings. The van der Waals surface area contributed by atoms with E-state index in [1.54, 1.807) is 23.1 Å². The first-order chi connectivity index (χ1) is 20.2. The molecule has 0 N–H and O–H groups in total. The van der Waals surface area contributed by atoms with Crippen LogP contribution in [0.3, 0.4) is 0 Å². The van der Waals surface area contributed by atoms with Crippen molar-refractivity contribution in [3.8, 4) is 0 Å². The molecule has 1 aliphatic carbocycles. The molecule has 0 radical (unpaired) electrons. The molecule has 0 spiro atoms. The average molecular weight is 594 g/mol. The summed E-state index contributed by atoms with van der Waals surface area (Å²) in [4.78, 5) is 33.3. The van der Waals surface area contributed by atoms with Crippen molar-refractivity contribution in [1.82, 2.24) is 14.5 Å². The summed E-state index contributed by atoms with van der Waals surface area (Å²) >= 11 is 1.32. The van der Waals surface area contributed by atoms with Crippen LogP contribution in [0.4, 0.5) is 17.6 Å². The predicted molar refractivity (Wildman–Crippen MR) is 151 cm³/mol. The summed E-state index contributed by atoms with van der Waals surface area (Å²) < 4.78 is 55.7. The molecule has 5 nitrogen and oxygen atoms in total. The molecule has 2 atom stereocenters. The molecule has 42 heavy (non-hydrogen) atoms. The van der Waals surface area contributed by atoms with Crippen LogP contribution in [0.25, 0.3) is 0 Å². The maximum Gasteiger partial charge on any atom is 0.416 e. The molecule has 1 aromatic heterocycles. The summed E-state index contributed by atoms with van der Waals surface area (Å²) in [6, 6.07) is 19.5. The summed E-state index contributed by atoms with van der Waals surface area (Å²) in [5.74, 6) is -0.159. The zero-order chi connectivity index (χ0) is 29.4. The summed E-state index contributed by atoms with van der Waals surface area (Å²) in [6.45, 7) is 0.00664. The van der Waals surface area contributed by atoms with Gasteiger partial charge >= 0.3 is 6.18 Å². The Labute approximate surface area is 244 Å². The van der Waals surface area contributed by atoms with E-state index < -0.39 is 17.8 Å². The average Bonchev–Trinajstić information content (AvgIpc) is 3.59. The lowest BCUT2D eigenvalue weighted by atomic mass is 10.0. The number of halogens is 4. The van der Waals surface area contributed by atoms with Crippen LogP contribution in [0.1, 0.15) is 58.4 Å². The topological polar surface area (TPSA) is 55.2 Å². The number of hydrogen-bond acceptors (Lipinski definition) is 4. The molecule has 3 aromatic carbocycles. The fraction of sp³-hybridized carbons (Fsp3) is 0.281. The second kappa shape index (κ2) is 11.4. The van der Waals surface area contributed by atoms with E-state index in [-0.39, 0.29) is 29.9 Å². The lowest BCUT2D eigenvalue weighted by Crippen LogP contribution is -2.32. The summed E-state index contributed by atoms with van der Waals surface area (Å²) in [5.41, 5.74) is 2.45. The molecule has 1 amide bonds. The zero-order valence-electron chi connectivity index (χ0n) is 22.5. The van der Waals surface area contributed by atoms with Crippen molar-refractivity contribution in [2.24, 2.45) is 0 Å².